The van der Waals surface area contributed by atoms with Crippen molar-refractivity contribution in [2.24, 2.45) is 52.1 Å². The predicted octanol–water partition coefficient (Wildman–Crippen LogP) is 11.2. The van der Waals surface area contributed by atoms with E-state index in [9.17, 15) is 4.79 Å². The smallest absolute Gasteiger partial charge is 0.305 e. The third kappa shape index (κ3) is 9.64. The lowest BCUT2D eigenvalue weighted by Crippen LogP contribution is -2.51. The number of esters is 1. The topological polar surface area (TPSA) is 61.5 Å². The van der Waals surface area contributed by atoms with E-state index in [0.29, 0.717) is 30.4 Å². The van der Waals surface area contributed by atoms with Crippen LogP contribution in [0.3, 0.4) is 0 Å². The number of carbonyl (C=O) groups excluding carboxylic acids is 1. The van der Waals surface area contributed by atoms with E-state index in [1.165, 1.54) is 103 Å². The lowest BCUT2D eigenvalue weighted by molar-refractivity contribution is -0.150. The van der Waals surface area contributed by atoms with Crippen LogP contribution in [0.15, 0.2) is 11.6 Å². The van der Waals surface area contributed by atoms with E-state index in [4.69, 9.17) is 15.2 Å². The fourth-order valence-electron chi connectivity index (χ4n) is 11.0. The maximum absolute atomic E-state index is 12.4. The minimum absolute atomic E-state index is 0.0920. The van der Waals surface area contributed by atoms with Gasteiger partial charge in [-0.1, -0.05) is 124 Å². The van der Waals surface area contributed by atoms with E-state index in [0.717, 1.165) is 61.2 Å². The minimum Gasteiger partial charge on any atom is -0.463 e. The van der Waals surface area contributed by atoms with Gasteiger partial charge in [-0.2, -0.15) is 0 Å². The van der Waals surface area contributed by atoms with Crippen LogP contribution in [0.1, 0.15) is 176 Å². The molecule has 2 N–H and O–H groups in total. The molecule has 0 saturated heterocycles. The van der Waals surface area contributed by atoms with Crippen LogP contribution >= 0.6 is 0 Å². The van der Waals surface area contributed by atoms with Crippen LogP contribution in [-0.2, 0) is 14.3 Å². The van der Waals surface area contributed by atoms with Crippen molar-refractivity contribution in [2.45, 2.75) is 189 Å². The van der Waals surface area contributed by atoms with Crippen LogP contribution in [0.25, 0.3) is 0 Å². The first-order valence-corrected chi connectivity index (χ1v) is 20.3. The summed E-state index contributed by atoms with van der Waals surface area (Å²) < 4.78 is 12.2. The molecule has 0 spiro atoms. The van der Waals surface area contributed by atoms with E-state index < -0.39 is 0 Å². The van der Waals surface area contributed by atoms with Crippen molar-refractivity contribution in [3.63, 3.8) is 0 Å². The Morgan fingerprint density at radius 3 is 2.30 bits per heavy atom. The molecule has 266 valence electrons. The summed E-state index contributed by atoms with van der Waals surface area (Å²) in [6, 6.07) is 0. The summed E-state index contributed by atoms with van der Waals surface area (Å²) in [7, 11) is 0. The Hall–Kier alpha value is -0.870. The molecule has 46 heavy (non-hydrogen) atoms. The zero-order valence-electron chi connectivity index (χ0n) is 31.3. The SMILES string of the molecule is CCCCCCCCCCCC(=O)OCC(CN)O[C@H]1CC[C@@]2(C)C(=CC[C@H]3[C@@H]4CC[C@H]([C@H](C)CCCC(C)C)[C@@]4(C)CC[C@@H]32)C1. The number of hydrogen-bond acceptors (Lipinski definition) is 4. The van der Waals surface area contributed by atoms with Crippen LogP contribution in [0.2, 0.25) is 0 Å². The van der Waals surface area contributed by atoms with Crippen molar-refractivity contribution in [2.75, 3.05) is 13.2 Å². The average molecular weight is 642 g/mol. The standard InChI is InChI=1S/C42H75NO3/c1-7-8-9-10-11-12-13-14-15-19-40(44)45-30-35(29-43)46-34-24-26-41(5)33(28-34)20-21-36-38-23-22-37(32(4)18-16-17-31(2)3)42(38,6)27-25-39(36)41/h20,31-32,34-39H,7-19,21-30,43H2,1-6H3/t32-,34+,35?,36+,37-,38+,39+,41+,42-/m1/s1. The molecular formula is C42H75NO3. The third-order valence-corrected chi connectivity index (χ3v) is 13.8. The largest absolute Gasteiger partial charge is 0.463 e. The van der Waals surface area contributed by atoms with Gasteiger partial charge in [-0.15, -0.1) is 0 Å². The molecule has 4 heteroatoms. The summed E-state index contributed by atoms with van der Waals surface area (Å²) in [6.07, 6.45) is 29.0. The Labute approximate surface area is 285 Å². The molecule has 4 aliphatic rings. The van der Waals surface area contributed by atoms with Crippen molar-refractivity contribution in [1.82, 2.24) is 0 Å². The molecule has 3 fully saturated rings. The fourth-order valence-corrected chi connectivity index (χ4v) is 11.0. The molecule has 0 aromatic heterocycles. The number of nitrogens with two attached hydrogens (primary N) is 1. The maximum atomic E-state index is 12.4. The molecule has 0 heterocycles. The molecule has 0 radical (unpaired) electrons. The summed E-state index contributed by atoms with van der Waals surface area (Å²) in [5.41, 5.74) is 8.65. The average Bonchev–Trinajstić information content (AvgIpc) is 3.39. The van der Waals surface area contributed by atoms with Gasteiger partial charge in [0, 0.05) is 13.0 Å². The molecule has 0 aromatic carbocycles. The van der Waals surface area contributed by atoms with E-state index in [-0.39, 0.29) is 18.2 Å². The van der Waals surface area contributed by atoms with Crippen molar-refractivity contribution in [1.29, 1.82) is 0 Å². The summed E-state index contributed by atoms with van der Waals surface area (Å²) in [6.45, 7) is 15.6. The normalized spacial score (nSPS) is 33.6. The first-order chi connectivity index (χ1) is 22.1. The van der Waals surface area contributed by atoms with Gasteiger partial charge in [-0.3, -0.25) is 4.79 Å². The Bertz CT molecular complexity index is 945. The second kappa shape index (κ2) is 18.2. The molecule has 1 unspecified atom stereocenters. The number of ether oxygens (including phenoxy) is 2. The van der Waals surface area contributed by atoms with Crippen molar-refractivity contribution < 1.29 is 14.3 Å². The van der Waals surface area contributed by atoms with Crippen LogP contribution in [0.4, 0.5) is 0 Å². The van der Waals surface area contributed by atoms with Crippen molar-refractivity contribution >= 4 is 5.97 Å². The monoisotopic (exact) mass is 642 g/mol. The first kappa shape index (κ1) is 37.9. The van der Waals surface area contributed by atoms with Gasteiger partial charge in [0.25, 0.3) is 0 Å². The van der Waals surface area contributed by atoms with Crippen LogP contribution in [0.5, 0.6) is 0 Å². The number of fused-ring (bicyclic) bond motifs is 5. The first-order valence-electron chi connectivity index (χ1n) is 20.3. The van der Waals surface area contributed by atoms with E-state index in [1.807, 2.05) is 0 Å². The second-order valence-corrected chi connectivity index (χ2v) is 17.4. The fraction of sp³-hybridized carbons (Fsp3) is 0.929. The summed E-state index contributed by atoms with van der Waals surface area (Å²) in [4.78, 5) is 12.4. The summed E-state index contributed by atoms with van der Waals surface area (Å²) >= 11 is 0. The molecule has 0 aliphatic heterocycles. The molecule has 0 amide bonds. The Morgan fingerprint density at radius 1 is 0.891 bits per heavy atom. The molecule has 9 atom stereocenters. The molecule has 4 aliphatic carbocycles. The minimum atomic E-state index is -0.202. The van der Waals surface area contributed by atoms with Gasteiger partial charge in [-0.05, 0) is 104 Å². The van der Waals surface area contributed by atoms with Gasteiger partial charge >= 0.3 is 5.97 Å². The van der Waals surface area contributed by atoms with Crippen molar-refractivity contribution in [3.8, 4) is 0 Å². The van der Waals surface area contributed by atoms with E-state index >= 15 is 0 Å². The van der Waals surface area contributed by atoms with E-state index in [2.05, 4.69) is 47.6 Å². The van der Waals surface area contributed by atoms with Crippen LogP contribution in [-0.4, -0.2) is 31.3 Å². The molecule has 4 nitrogen and oxygen atoms in total. The highest BCUT2D eigenvalue weighted by atomic mass is 16.6. The van der Waals surface area contributed by atoms with Crippen LogP contribution < -0.4 is 5.73 Å². The van der Waals surface area contributed by atoms with E-state index in [1.54, 1.807) is 5.57 Å². The van der Waals surface area contributed by atoms with Gasteiger partial charge in [0.1, 0.15) is 12.7 Å². The number of hydrogen-bond donors (Lipinski definition) is 1. The van der Waals surface area contributed by atoms with Gasteiger partial charge in [0.2, 0.25) is 0 Å². The molecule has 0 bridgehead atoms. The molecule has 4 rings (SSSR count). The molecule has 0 aromatic rings. The van der Waals surface area contributed by atoms with Gasteiger partial charge in [0.15, 0.2) is 0 Å². The summed E-state index contributed by atoms with van der Waals surface area (Å²) in [5.74, 6) is 5.11. The Kier molecular flexibility index (Phi) is 15.0. The zero-order valence-corrected chi connectivity index (χ0v) is 31.3. The quantitative estimate of drug-likeness (QED) is 0.0816. The maximum Gasteiger partial charge on any atom is 0.305 e. The van der Waals surface area contributed by atoms with Gasteiger partial charge in [0.05, 0.1) is 6.10 Å². The molecular weight excluding hydrogens is 566 g/mol. The van der Waals surface area contributed by atoms with Gasteiger partial charge < -0.3 is 15.2 Å². The Morgan fingerprint density at radius 2 is 1.61 bits per heavy atom. The third-order valence-electron chi connectivity index (χ3n) is 13.8. The highest BCUT2D eigenvalue weighted by Crippen LogP contribution is 2.67. The highest BCUT2D eigenvalue weighted by Gasteiger charge is 2.59. The lowest BCUT2D eigenvalue weighted by atomic mass is 9.47. The number of rotatable bonds is 20. The highest BCUT2D eigenvalue weighted by molar-refractivity contribution is 5.69. The zero-order chi connectivity index (χ0) is 33.2. The van der Waals surface area contributed by atoms with Crippen LogP contribution in [0, 0.1) is 46.3 Å². The number of unbranched alkanes of at least 4 members (excludes halogenated alkanes) is 8. The van der Waals surface area contributed by atoms with Gasteiger partial charge in [-0.25, -0.2) is 0 Å². The number of carbonyl (C=O) groups is 1. The van der Waals surface area contributed by atoms with Crippen molar-refractivity contribution in [3.05, 3.63) is 11.6 Å². The lowest BCUT2D eigenvalue weighted by Gasteiger charge is -2.58. The molecule has 3 saturated carbocycles. The predicted molar refractivity (Wildman–Crippen MR) is 194 cm³/mol. The Balaban J connectivity index is 1.21. The number of allylic oxidation sites excluding steroid dienone is 1. The summed E-state index contributed by atoms with van der Waals surface area (Å²) in [5, 5.41) is 0. The second-order valence-electron chi connectivity index (χ2n) is 17.4.